The SMILES string of the molecule is COc1cc(CN2CC[C@@]34OCCN3C(=O)C[C@@H]24)ccc1OCC=C(C)C. The third kappa shape index (κ3) is 3.21. The van der Waals surface area contributed by atoms with Gasteiger partial charge in [-0.2, -0.15) is 0 Å². The second-order valence-electron chi connectivity index (χ2n) is 7.76. The lowest BCUT2D eigenvalue weighted by molar-refractivity contribution is -0.136. The van der Waals surface area contributed by atoms with Crippen LogP contribution in [0, 0.1) is 0 Å². The zero-order chi connectivity index (χ0) is 19.0. The van der Waals surface area contributed by atoms with E-state index in [0.29, 0.717) is 19.6 Å². The molecule has 0 radical (unpaired) electrons. The Labute approximate surface area is 160 Å². The van der Waals surface area contributed by atoms with E-state index in [1.807, 2.05) is 23.1 Å². The maximum atomic E-state index is 12.3. The van der Waals surface area contributed by atoms with Crippen LogP contribution in [-0.2, 0) is 16.1 Å². The van der Waals surface area contributed by atoms with Gasteiger partial charge in [-0.05, 0) is 37.6 Å². The van der Waals surface area contributed by atoms with Gasteiger partial charge in [0.1, 0.15) is 6.61 Å². The molecule has 1 aromatic carbocycles. The number of nitrogens with zero attached hydrogens (tertiary/aromatic N) is 2. The van der Waals surface area contributed by atoms with Crippen molar-refractivity contribution in [1.29, 1.82) is 0 Å². The summed E-state index contributed by atoms with van der Waals surface area (Å²) < 4.78 is 17.4. The van der Waals surface area contributed by atoms with Crippen molar-refractivity contribution in [2.75, 3.05) is 33.4 Å². The van der Waals surface area contributed by atoms with Crippen LogP contribution in [0.5, 0.6) is 11.5 Å². The molecule has 6 nitrogen and oxygen atoms in total. The predicted octanol–water partition coefficient (Wildman–Crippen LogP) is 2.57. The first kappa shape index (κ1) is 18.3. The number of methoxy groups -OCH3 is 1. The minimum Gasteiger partial charge on any atom is -0.493 e. The van der Waals surface area contributed by atoms with E-state index in [2.05, 4.69) is 24.8 Å². The molecule has 1 amide bonds. The third-order valence-corrected chi connectivity index (χ3v) is 5.86. The number of benzene rings is 1. The van der Waals surface area contributed by atoms with E-state index in [-0.39, 0.29) is 17.7 Å². The number of hydrogen-bond acceptors (Lipinski definition) is 5. The molecule has 0 saturated carbocycles. The second-order valence-corrected chi connectivity index (χ2v) is 7.76. The van der Waals surface area contributed by atoms with E-state index in [1.54, 1.807) is 7.11 Å². The lowest BCUT2D eigenvalue weighted by Gasteiger charge is -2.31. The Morgan fingerprint density at radius 1 is 1.33 bits per heavy atom. The lowest BCUT2D eigenvalue weighted by Crippen LogP contribution is -2.47. The molecule has 3 fully saturated rings. The van der Waals surface area contributed by atoms with Crippen LogP contribution in [0.4, 0.5) is 0 Å². The number of rotatable bonds is 6. The number of carbonyl (C=O) groups is 1. The average molecular weight is 372 g/mol. The van der Waals surface area contributed by atoms with E-state index in [0.717, 1.165) is 43.1 Å². The first-order valence-electron chi connectivity index (χ1n) is 9.65. The minimum atomic E-state index is -0.380. The van der Waals surface area contributed by atoms with Gasteiger partial charge in [-0.15, -0.1) is 0 Å². The van der Waals surface area contributed by atoms with Crippen molar-refractivity contribution < 1.29 is 19.0 Å². The number of carbonyl (C=O) groups excluding carboxylic acids is 1. The normalized spacial score (nSPS) is 26.9. The van der Waals surface area contributed by atoms with E-state index < -0.39 is 0 Å². The molecular weight excluding hydrogens is 344 g/mol. The fourth-order valence-corrected chi connectivity index (χ4v) is 4.53. The van der Waals surface area contributed by atoms with Crippen LogP contribution in [-0.4, -0.2) is 60.9 Å². The highest BCUT2D eigenvalue weighted by molar-refractivity contribution is 5.81. The molecule has 6 heteroatoms. The molecular formula is C21H28N2O4. The van der Waals surface area contributed by atoms with Crippen LogP contribution >= 0.6 is 0 Å². The van der Waals surface area contributed by atoms with Gasteiger partial charge in [-0.25, -0.2) is 0 Å². The minimum absolute atomic E-state index is 0.145. The van der Waals surface area contributed by atoms with Crippen molar-refractivity contribution in [3.8, 4) is 11.5 Å². The van der Waals surface area contributed by atoms with Gasteiger partial charge in [0.15, 0.2) is 17.2 Å². The number of amides is 1. The molecule has 3 heterocycles. The number of likely N-dealkylation sites (tertiary alicyclic amines) is 1. The molecule has 0 N–H and O–H groups in total. The maximum absolute atomic E-state index is 12.3. The Morgan fingerprint density at radius 3 is 2.96 bits per heavy atom. The average Bonchev–Trinajstić information content (AvgIpc) is 3.28. The predicted molar refractivity (Wildman–Crippen MR) is 102 cm³/mol. The van der Waals surface area contributed by atoms with Crippen molar-refractivity contribution in [3.05, 3.63) is 35.4 Å². The first-order valence-corrected chi connectivity index (χ1v) is 9.65. The Kier molecular flexibility index (Phi) is 4.86. The quantitative estimate of drug-likeness (QED) is 0.719. The van der Waals surface area contributed by atoms with Crippen molar-refractivity contribution >= 4 is 5.91 Å². The van der Waals surface area contributed by atoms with Gasteiger partial charge >= 0.3 is 0 Å². The molecule has 1 spiro atoms. The summed E-state index contributed by atoms with van der Waals surface area (Å²) in [5.41, 5.74) is 2.00. The van der Waals surface area contributed by atoms with Gasteiger partial charge in [0.05, 0.1) is 19.8 Å². The molecule has 0 aliphatic carbocycles. The Morgan fingerprint density at radius 2 is 2.19 bits per heavy atom. The summed E-state index contributed by atoms with van der Waals surface area (Å²) >= 11 is 0. The molecule has 0 bridgehead atoms. The highest BCUT2D eigenvalue weighted by Crippen LogP contribution is 2.46. The summed E-state index contributed by atoms with van der Waals surface area (Å²) in [5.74, 6) is 1.71. The molecule has 3 aliphatic rings. The van der Waals surface area contributed by atoms with Crippen LogP contribution in [0.1, 0.15) is 32.3 Å². The van der Waals surface area contributed by atoms with Crippen LogP contribution in [0.25, 0.3) is 0 Å². The molecule has 27 heavy (non-hydrogen) atoms. The van der Waals surface area contributed by atoms with Crippen molar-refractivity contribution in [3.63, 3.8) is 0 Å². The Balaban J connectivity index is 1.47. The summed E-state index contributed by atoms with van der Waals surface area (Å²) in [7, 11) is 1.66. The van der Waals surface area contributed by atoms with Crippen molar-refractivity contribution in [1.82, 2.24) is 9.80 Å². The van der Waals surface area contributed by atoms with Crippen molar-refractivity contribution in [2.45, 2.75) is 45.0 Å². The van der Waals surface area contributed by atoms with E-state index >= 15 is 0 Å². The van der Waals surface area contributed by atoms with Gasteiger partial charge in [-0.3, -0.25) is 9.69 Å². The van der Waals surface area contributed by atoms with Gasteiger partial charge in [0.2, 0.25) is 5.91 Å². The molecule has 0 aromatic heterocycles. The van der Waals surface area contributed by atoms with Crippen LogP contribution in [0.2, 0.25) is 0 Å². The molecule has 2 atom stereocenters. The fourth-order valence-electron chi connectivity index (χ4n) is 4.53. The largest absolute Gasteiger partial charge is 0.493 e. The third-order valence-electron chi connectivity index (χ3n) is 5.86. The van der Waals surface area contributed by atoms with Gasteiger partial charge in [0, 0.05) is 32.5 Å². The smallest absolute Gasteiger partial charge is 0.226 e. The van der Waals surface area contributed by atoms with Gasteiger partial charge in [0.25, 0.3) is 0 Å². The first-order chi connectivity index (χ1) is 13.0. The zero-order valence-electron chi connectivity index (χ0n) is 16.4. The summed E-state index contributed by atoms with van der Waals surface area (Å²) in [6.07, 6.45) is 3.49. The molecule has 3 saturated heterocycles. The van der Waals surface area contributed by atoms with E-state index in [9.17, 15) is 4.79 Å². The standard InChI is InChI=1S/C21H28N2O4/c1-15(2)6-10-26-17-5-4-16(12-18(17)25-3)14-22-8-7-21-19(22)13-20(24)23(21)9-11-27-21/h4-6,12,19H,7-11,13-14H2,1-3H3/t19-,21+/m1/s1. The van der Waals surface area contributed by atoms with Gasteiger partial charge in [-0.1, -0.05) is 11.6 Å². The number of hydrogen-bond donors (Lipinski definition) is 0. The highest BCUT2D eigenvalue weighted by atomic mass is 16.5. The topological polar surface area (TPSA) is 51.2 Å². The highest BCUT2D eigenvalue weighted by Gasteiger charge is 2.61. The van der Waals surface area contributed by atoms with E-state index in [1.165, 1.54) is 5.57 Å². The summed E-state index contributed by atoms with van der Waals surface area (Å²) in [4.78, 5) is 16.7. The molecule has 146 valence electrons. The van der Waals surface area contributed by atoms with Crippen LogP contribution < -0.4 is 9.47 Å². The van der Waals surface area contributed by atoms with Crippen LogP contribution in [0.15, 0.2) is 29.8 Å². The van der Waals surface area contributed by atoms with Gasteiger partial charge < -0.3 is 19.1 Å². The Bertz CT molecular complexity index is 759. The lowest BCUT2D eigenvalue weighted by atomic mass is 10.1. The molecule has 0 unspecified atom stereocenters. The fraction of sp³-hybridized carbons (Fsp3) is 0.571. The van der Waals surface area contributed by atoms with Crippen LogP contribution in [0.3, 0.4) is 0 Å². The molecule has 3 aliphatic heterocycles. The van der Waals surface area contributed by atoms with Crippen molar-refractivity contribution in [2.24, 2.45) is 0 Å². The molecule has 1 aromatic rings. The monoisotopic (exact) mass is 372 g/mol. The number of ether oxygens (including phenoxy) is 3. The summed E-state index contributed by atoms with van der Waals surface area (Å²) in [5, 5.41) is 0. The zero-order valence-corrected chi connectivity index (χ0v) is 16.4. The Hall–Kier alpha value is -2.05. The molecule has 4 rings (SSSR count). The number of allylic oxidation sites excluding steroid dienone is 1. The van der Waals surface area contributed by atoms with E-state index in [4.69, 9.17) is 14.2 Å². The second kappa shape index (κ2) is 7.17. The maximum Gasteiger partial charge on any atom is 0.226 e. The summed E-state index contributed by atoms with van der Waals surface area (Å²) in [6, 6.07) is 6.23. The summed E-state index contributed by atoms with van der Waals surface area (Å²) in [6.45, 7) is 7.74.